The van der Waals surface area contributed by atoms with E-state index < -0.39 is 0 Å². The molecule has 0 radical (unpaired) electrons. The first-order chi connectivity index (χ1) is 9.14. The molecule has 1 heterocycles. The maximum Gasteiger partial charge on any atom is 0.127 e. The third-order valence-electron chi connectivity index (χ3n) is 4.20. The summed E-state index contributed by atoms with van der Waals surface area (Å²) in [5, 5.41) is 13.4. The molecule has 4 nitrogen and oxygen atoms in total. The highest BCUT2D eigenvalue weighted by molar-refractivity contribution is 5.18. The van der Waals surface area contributed by atoms with Crippen molar-refractivity contribution < 1.29 is 0 Å². The van der Waals surface area contributed by atoms with Gasteiger partial charge in [0, 0.05) is 24.4 Å². The second-order valence-corrected chi connectivity index (χ2v) is 6.34. The number of imidazole rings is 1. The van der Waals surface area contributed by atoms with Gasteiger partial charge in [-0.2, -0.15) is 5.26 Å². The summed E-state index contributed by atoms with van der Waals surface area (Å²) in [5.74, 6) is 1.99. The first-order valence-corrected chi connectivity index (χ1v) is 7.34. The molecule has 2 aliphatic rings. The second kappa shape index (κ2) is 4.64. The maximum atomic E-state index is 9.75. The Hall–Kier alpha value is -1.34. The minimum Gasteiger partial charge on any atom is -0.332 e. The Morgan fingerprint density at radius 1 is 1.47 bits per heavy atom. The van der Waals surface area contributed by atoms with E-state index in [9.17, 15) is 5.26 Å². The smallest absolute Gasteiger partial charge is 0.127 e. The van der Waals surface area contributed by atoms with Crippen LogP contribution in [0.1, 0.15) is 51.3 Å². The van der Waals surface area contributed by atoms with E-state index in [1.54, 1.807) is 0 Å². The topological polar surface area (TPSA) is 53.6 Å². The number of aromatic nitrogens is 2. The van der Waals surface area contributed by atoms with Crippen LogP contribution >= 0.6 is 0 Å². The van der Waals surface area contributed by atoms with Crippen LogP contribution in [0.2, 0.25) is 0 Å². The summed E-state index contributed by atoms with van der Waals surface area (Å²) in [6, 6.07) is 3.15. The van der Waals surface area contributed by atoms with Gasteiger partial charge in [-0.1, -0.05) is 13.8 Å². The Morgan fingerprint density at radius 2 is 2.21 bits per heavy atom. The molecule has 1 unspecified atom stereocenters. The second-order valence-electron chi connectivity index (χ2n) is 6.34. The van der Waals surface area contributed by atoms with Crippen LogP contribution in [0.5, 0.6) is 0 Å². The van der Waals surface area contributed by atoms with E-state index in [-0.39, 0.29) is 5.54 Å². The van der Waals surface area contributed by atoms with Gasteiger partial charge in [-0.05, 0) is 31.6 Å². The summed E-state index contributed by atoms with van der Waals surface area (Å²) < 4.78 is 2.17. The molecule has 0 amide bonds. The van der Waals surface area contributed by atoms with Crippen LogP contribution in [0.3, 0.4) is 0 Å². The molecule has 19 heavy (non-hydrogen) atoms. The van der Waals surface area contributed by atoms with Crippen molar-refractivity contribution in [3.8, 4) is 6.07 Å². The molecule has 1 aromatic heterocycles. The van der Waals surface area contributed by atoms with E-state index in [1.165, 1.54) is 25.7 Å². The molecule has 2 saturated carbocycles. The number of nitrogens with one attached hydrogen (secondary N) is 1. The van der Waals surface area contributed by atoms with Gasteiger partial charge in [-0.25, -0.2) is 4.98 Å². The van der Waals surface area contributed by atoms with Gasteiger partial charge in [-0.3, -0.25) is 5.32 Å². The molecule has 1 N–H and O–H groups in total. The SMILES string of the molecule is CC(C)c1nccn1CC(C#N)(NC1CC1)C1CC1. The molecule has 102 valence electrons. The van der Waals surface area contributed by atoms with Crippen molar-refractivity contribution in [3.63, 3.8) is 0 Å². The summed E-state index contributed by atoms with van der Waals surface area (Å²) in [6.07, 6.45) is 8.66. The lowest BCUT2D eigenvalue weighted by Gasteiger charge is -2.29. The van der Waals surface area contributed by atoms with Gasteiger partial charge in [-0.15, -0.1) is 0 Å². The quantitative estimate of drug-likeness (QED) is 0.852. The Bertz CT molecular complexity index is 490. The van der Waals surface area contributed by atoms with E-state index in [0.717, 1.165) is 12.4 Å². The van der Waals surface area contributed by atoms with Gasteiger partial charge < -0.3 is 4.57 Å². The van der Waals surface area contributed by atoms with E-state index in [2.05, 4.69) is 34.8 Å². The van der Waals surface area contributed by atoms with Gasteiger partial charge in [0.15, 0.2) is 0 Å². The van der Waals surface area contributed by atoms with Crippen molar-refractivity contribution in [1.82, 2.24) is 14.9 Å². The summed E-state index contributed by atoms with van der Waals surface area (Å²) >= 11 is 0. The fraction of sp³-hybridized carbons (Fsp3) is 0.733. The monoisotopic (exact) mass is 258 g/mol. The highest BCUT2D eigenvalue weighted by Crippen LogP contribution is 2.42. The van der Waals surface area contributed by atoms with Crippen molar-refractivity contribution in [3.05, 3.63) is 18.2 Å². The molecular weight excluding hydrogens is 236 g/mol. The Balaban J connectivity index is 1.83. The minimum atomic E-state index is -0.383. The van der Waals surface area contributed by atoms with Crippen molar-refractivity contribution in [1.29, 1.82) is 5.26 Å². The molecule has 4 heteroatoms. The average Bonchev–Trinajstić information content (AvgIpc) is 3.28. The van der Waals surface area contributed by atoms with Crippen LogP contribution in [0.15, 0.2) is 12.4 Å². The fourth-order valence-corrected chi connectivity index (χ4v) is 2.84. The first kappa shape index (κ1) is 12.7. The lowest BCUT2D eigenvalue weighted by Crippen LogP contribution is -2.50. The van der Waals surface area contributed by atoms with Crippen LogP contribution in [0, 0.1) is 17.2 Å². The van der Waals surface area contributed by atoms with E-state index in [1.807, 2.05) is 12.4 Å². The van der Waals surface area contributed by atoms with Crippen molar-refractivity contribution >= 4 is 0 Å². The molecule has 0 saturated heterocycles. The molecule has 0 aromatic carbocycles. The van der Waals surface area contributed by atoms with Crippen LogP contribution in [-0.2, 0) is 6.54 Å². The summed E-state index contributed by atoms with van der Waals surface area (Å²) in [4.78, 5) is 4.43. The fourth-order valence-electron chi connectivity index (χ4n) is 2.84. The molecule has 0 spiro atoms. The molecule has 1 atom stereocenters. The van der Waals surface area contributed by atoms with Gasteiger partial charge in [0.25, 0.3) is 0 Å². The standard InChI is InChI=1S/C15H22N4/c1-11(2)14-17-7-8-19(14)10-15(9-16,12-3-4-12)18-13-5-6-13/h7-8,11-13,18H,3-6,10H2,1-2H3. The lowest BCUT2D eigenvalue weighted by molar-refractivity contribution is 0.309. The minimum absolute atomic E-state index is 0.383. The third-order valence-corrected chi connectivity index (χ3v) is 4.20. The van der Waals surface area contributed by atoms with Crippen LogP contribution < -0.4 is 5.32 Å². The number of nitriles is 1. The number of hydrogen-bond donors (Lipinski definition) is 1. The highest BCUT2D eigenvalue weighted by atomic mass is 15.1. The van der Waals surface area contributed by atoms with E-state index in [0.29, 0.717) is 17.9 Å². The predicted octanol–water partition coefficient (Wildman–Crippen LogP) is 2.43. The number of rotatable bonds is 6. The zero-order chi connectivity index (χ0) is 13.5. The van der Waals surface area contributed by atoms with Gasteiger partial charge >= 0.3 is 0 Å². The van der Waals surface area contributed by atoms with Crippen LogP contribution in [-0.4, -0.2) is 21.1 Å². The Labute approximate surface area is 114 Å². The van der Waals surface area contributed by atoms with Gasteiger partial charge in [0.1, 0.15) is 11.4 Å². The third kappa shape index (κ3) is 2.52. The largest absolute Gasteiger partial charge is 0.332 e. The van der Waals surface area contributed by atoms with Crippen molar-refractivity contribution in [2.24, 2.45) is 5.92 Å². The zero-order valence-corrected chi connectivity index (χ0v) is 11.8. The molecular formula is C15H22N4. The highest BCUT2D eigenvalue weighted by Gasteiger charge is 2.48. The van der Waals surface area contributed by atoms with E-state index >= 15 is 0 Å². The normalized spacial score (nSPS) is 22.2. The van der Waals surface area contributed by atoms with Crippen molar-refractivity contribution in [2.75, 3.05) is 0 Å². The molecule has 3 rings (SSSR count). The van der Waals surface area contributed by atoms with E-state index in [4.69, 9.17) is 0 Å². The molecule has 2 fully saturated rings. The molecule has 2 aliphatic carbocycles. The first-order valence-electron chi connectivity index (χ1n) is 7.34. The zero-order valence-electron chi connectivity index (χ0n) is 11.8. The molecule has 0 aliphatic heterocycles. The summed E-state index contributed by atoms with van der Waals surface area (Å²) in [7, 11) is 0. The van der Waals surface area contributed by atoms with Gasteiger partial charge in [0.05, 0.1) is 12.6 Å². The summed E-state index contributed by atoms with van der Waals surface area (Å²) in [6.45, 7) is 5.04. The molecule has 0 bridgehead atoms. The predicted molar refractivity (Wildman–Crippen MR) is 73.5 cm³/mol. The van der Waals surface area contributed by atoms with Gasteiger partial charge in [0.2, 0.25) is 0 Å². The molecule has 1 aromatic rings. The van der Waals surface area contributed by atoms with Crippen LogP contribution in [0.4, 0.5) is 0 Å². The maximum absolute atomic E-state index is 9.75. The average molecular weight is 258 g/mol. The summed E-state index contributed by atoms with van der Waals surface area (Å²) in [5.41, 5.74) is -0.383. The Kier molecular flexibility index (Phi) is 3.10. The Morgan fingerprint density at radius 3 is 2.74 bits per heavy atom. The van der Waals surface area contributed by atoms with Crippen LogP contribution in [0.25, 0.3) is 0 Å². The lowest BCUT2D eigenvalue weighted by atomic mass is 9.94. The number of nitrogens with zero attached hydrogens (tertiary/aromatic N) is 3. The van der Waals surface area contributed by atoms with Crippen molar-refractivity contribution in [2.45, 2.75) is 63.6 Å². The number of hydrogen-bond acceptors (Lipinski definition) is 3.